The molecule has 0 bridgehead atoms. The molecule has 1 aliphatic rings. The lowest BCUT2D eigenvalue weighted by Gasteiger charge is -2.43. The standard InChI is InChI=1S/C15H23FN2/c1-11-6-7-15(10-17,9-12(11)2)18-14-5-3-4-13(16)8-14/h3-5,8,11-12,18H,6-7,9-10,17H2,1-2H3. The van der Waals surface area contributed by atoms with E-state index < -0.39 is 0 Å². The van der Waals surface area contributed by atoms with E-state index in [1.54, 1.807) is 12.1 Å². The molecule has 1 aromatic rings. The molecule has 0 spiro atoms. The summed E-state index contributed by atoms with van der Waals surface area (Å²) in [5.41, 5.74) is 6.74. The average molecular weight is 250 g/mol. The van der Waals surface area contributed by atoms with Gasteiger partial charge in [-0.2, -0.15) is 0 Å². The molecular formula is C15H23FN2. The first-order valence-electron chi connectivity index (χ1n) is 6.78. The second-order valence-corrected chi connectivity index (χ2v) is 5.82. The molecule has 0 amide bonds. The number of rotatable bonds is 3. The van der Waals surface area contributed by atoms with E-state index in [2.05, 4.69) is 19.2 Å². The molecule has 18 heavy (non-hydrogen) atoms. The lowest BCUT2D eigenvalue weighted by Crippen LogP contribution is -2.50. The lowest BCUT2D eigenvalue weighted by molar-refractivity contribution is 0.196. The van der Waals surface area contributed by atoms with Gasteiger partial charge in [-0.3, -0.25) is 0 Å². The average Bonchev–Trinajstić information content (AvgIpc) is 2.34. The molecule has 0 heterocycles. The van der Waals surface area contributed by atoms with Crippen molar-refractivity contribution in [1.29, 1.82) is 0 Å². The van der Waals surface area contributed by atoms with E-state index in [0.717, 1.165) is 24.4 Å². The molecule has 0 aliphatic heterocycles. The fourth-order valence-electron chi connectivity index (χ4n) is 2.93. The second-order valence-electron chi connectivity index (χ2n) is 5.82. The highest BCUT2D eigenvalue weighted by molar-refractivity contribution is 5.46. The molecule has 3 atom stereocenters. The fourth-order valence-corrected chi connectivity index (χ4v) is 2.93. The molecule has 0 saturated heterocycles. The maximum absolute atomic E-state index is 13.2. The van der Waals surface area contributed by atoms with Gasteiger partial charge in [0.05, 0.1) is 0 Å². The number of benzene rings is 1. The van der Waals surface area contributed by atoms with Crippen LogP contribution in [0.25, 0.3) is 0 Å². The Labute approximate surface area is 109 Å². The van der Waals surface area contributed by atoms with Crippen LogP contribution >= 0.6 is 0 Å². The summed E-state index contributed by atoms with van der Waals surface area (Å²) in [7, 11) is 0. The van der Waals surface area contributed by atoms with Gasteiger partial charge in [-0.25, -0.2) is 4.39 Å². The van der Waals surface area contributed by atoms with Gasteiger partial charge in [0.1, 0.15) is 5.82 Å². The molecule has 1 aliphatic carbocycles. The maximum Gasteiger partial charge on any atom is 0.125 e. The zero-order valence-corrected chi connectivity index (χ0v) is 11.2. The van der Waals surface area contributed by atoms with Gasteiger partial charge in [-0.05, 0) is 49.3 Å². The highest BCUT2D eigenvalue weighted by Crippen LogP contribution is 2.37. The molecule has 3 N–H and O–H groups in total. The van der Waals surface area contributed by atoms with E-state index in [4.69, 9.17) is 5.73 Å². The SMILES string of the molecule is CC1CCC(CN)(Nc2cccc(F)c2)CC1C. The highest BCUT2D eigenvalue weighted by Gasteiger charge is 2.36. The third kappa shape index (κ3) is 2.83. The number of nitrogens with two attached hydrogens (primary N) is 1. The molecule has 2 nitrogen and oxygen atoms in total. The number of nitrogens with one attached hydrogen (secondary N) is 1. The minimum Gasteiger partial charge on any atom is -0.378 e. The number of halogens is 1. The summed E-state index contributed by atoms with van der Waals surface area (Å²) in [6.45, 7) is 5.18. The summed E-state index contributed by atoms with van der Waals surface area (Å²) >= 11 is 0. The van der Waals surface area contributed by atoms with Crippen LogP contribution in [-0.4, -0.2) is 12.1 Å². The molecule has 0 radical (unpaired) electrons. The van der Waals surface area contributed by atoms with Crippen molar-refractivity contribution in [1.82, 2.24) is 0 Å². The fraction of sp³-hybridized carbons (Fsp3) is 0.600. The Morgan fingerprint density at radius 1 is 1.39 bits per heavy atom. The van der Waals surface area contributed by atoms with Crippen LogP contribution in [0.1, 0.15) is 33.1 Å². The van der Waals surface area contributed by atoms with Crippen LogP contribution in [0.5, 0.6) is 0 Å². The number of hydrogen-bond acceptors (Lipinski definition) is 2. The smallest absolute Gasteiger partial charge is 0.125 e. The summed E-state index contributed by atoms with van der Waals surface area (Å²) in [6.07, 6.45) is 3.30. The largest absolute Gasteiger partial charge is 0.378 e. The summed E-state index contributed by atoms with van der Waals surface area (Å²) in [6, 6.07) is 6.64. The summed E-state index contributed by atoms with van der Waals surface area (Å²) < 4.78 is 13.2. The Hall–Kier alpha value is -1.09. The Morgan fingerprint density at radius 2 is 2.17 bits per heavy atom. The molecule has 1 aromatic carbocycles. The first-order chi connectivity index (χ1) is 8.54. The first kappa shape index (κ1) is 13.3. The van der Waals surface area contributed by atoms with E-state index in [-0.39, 0.29) is 11.4 Å². The third-order valence-corrected chi connectivity index (χ3v) is 4.39. The zero-order valence-electron chi connectivity index (χ0n) is 11.2. The first-order valence-corrected chi connectivity index (χ1v) is 6.78. The Balaban J connectivity index is 2.13. The summed E-state index contributed by atoms with van der Waals surface area (Å²) in [4.78, 5) is 0. The lowest BCUT2D eigenvalue weighted by atomic mass is 9.71. The predicted octanol–water partition coefficient (Wildman–Crippen LogP) is 3.39. The third-order valence-electron chi connectivity index (χ3n) is 4.39. The summed E-state index contributed by atoms with van der Waals surface area (Å²) in [5, 5.41) is 3.47. The Bertz CT molecular complexity index is 407. The molecule has 3 heteroatoms. The van der Waals surface area contributed by atoms with Crippen molar-refractivity contribution < 1.29 is 4.39 Å². The summed E-state index contributed by atoms with van der Waals surface area (Å²) in [5.74, 6) is 1.20. The van der Waals surface area contributed by atoms with Gasteiger partial charge in [-0.1, -0.05) is 19.9 Å². The van der Waals surface area contributed by atoms with Crippen LogP contribution < -0.4 is 11.1 Å². The van der Waals surface area contributed by atoms with Gasteiger partial charge in [0, 0.05) is 17.8 Å². The van der Waals surface area contributed by atoms with Crippen molar-refractivity contribution in [2.45, 2.75) is 38.6 Å². The second kappa shape index (κ2) is 5.27. The van der Waals surface area contributed by atoms with Crippen LogP contribution in [-0.2, 0) is 0 Å². The Morgan fingerprint density at radius 3 is 2.78 bits per heavy atom. The molecule has 1 fully saturated rings. The molecule has 0 aromatic heterocycles. The van der Waals surface area contributed by atoms with Gasteiger partial charge < -0.3 is 11.1 Å². The van der Waals surface area contributed by atoms with Crippen molar-refractivity contribution in [2.24, 2.45) is 17.6 Å². The quantitative estimate of drug-likeness (QED) is 0.863. The van der Waals surface area contributed by atoms with Crippen molar-refractivity contribution in [2.75, 3.05) is 11.9 Å². The number of anilines is 1. The van der Waals surface area contributed by atoms with Crippen LogP contribution in [0.2, 0.25) is 0 Å². The predicted molar refractivity (Wildman–Crippen MR) is 74.0 cm³/mol. The van der Waals surface area contributed by atoms with Gasteiger partial charge in [0.25, 0.3) is 0 Å². The van der Waals surface area contributed by atoms with E-state index in [1.165, 1.54) is 12.5 Å². The van der Waals surface area contributed by atoms with Gasteiger partial charge in [0.2, 0.25) is 0 Å². The molecule has 2 rings (SSSR count). The minimum atomic E-state index is -0.204. The zero-order chi connectivity index (χ0) is 13.2. The Kier molecular flexibility index (Phi) is 3.91. The van der Waals surface area contributed by atoms with Crippen molar-refractivity contribution in [3.63, 3.8) is 0 Å². The van der Waals surface area contributed by atoms with Gasteiger partial charge >= 0.3 is 0 Å². The van der Waals surface area contributed by atoms with E-state index in [1.807, 2.05) is 6.07 Å². The van der Waals surface area contributed by atoms with E-state index in [9.17, 15) is 4.39 Å². The van der Waals surface area contributed by atoms with Crippen molar-refractivity contribution in [3.05, 3.63) is 30.1 Å². The topological polar surface area (TPSA) is 38.0 Å². The van der Waals surface area contributed by atoms with Crippen LogP contribution in [0.3, 0.4) is 0 Å². The van der Waals surface area contributed by atoms with Crippen molar-refractivity contribution >= 4 is 5.69 Å². The highest BCUT2D eigenvalue weighted by atomic mass is 19.1. The molecule has 1 saturated carbocycles. The molecular weight excluding hydrogens is 227 g/mol. The van der Waals surface area contributed by atoms with Crippen LogP contribution in [0.15, 0.2) is 24.3 Å². The normalized spacial score (nSPS) is 32.2. The molecule has 3 unspecified atom stereocenters. The maximum atomic E-state index is 13.2. The molecule has 100 valence electrons. The van der Waals surface area contributed by atoms with E-state index >= 15 is 0 Å². The number of hydrogen-bond donors (Lipinski definition) is 2. The minimum absolute atomic E-state index is 0.0697. The van der Waals surface area contributed by atoms with E-state index in [0.29, 0.717) is 12.5 Å². The van der Waals surface area contributed by atoms with Gasteiger partial charge in [0.15, 0.2) is 0 Å². The monoisotopic (exact) mass is 250 g/mol. The van der Waals surface area contributed by atoms with Crippen molar-refractivity contribution in [3.8, 4) is 0 Å². The van der Waals surface area contributed by atoms with Crippen LogP contribution in [0.4, 0.5) is 10.1 Å². The van der Waals surface area contributed by atoms with Crippen LogP contribution in [0, 0.1) is 17.7 Å². The van der Waals surface area contributed by atoms with Gasteiger partial charge in [-0.15, -0.1) is 0 Å².